The average molecular weight is 233 g/mol. The van der Waals surface area contributed by atoms with Crippen LogP contribution in [0.5, 0.6) is 0 Å². The Labute approximate surface area is 107 Å². The van der Waals surface area contributed by atoms with Crippen LogP contribution >= 0.6 is 0 Å². The second kappa shape index (κ2) is 3.33. The highest BCUT2D eigenvalue weighted by Crippen LogP contribution is 2.48. The molecule has 1 N–H and O–H groups in total. The molecule has 4 rings (SSSR count). The van der Waals surface area contributed by atoms with Crippen LogP contribution in [0.3, 0.4) is 0 Å². The van der Waals surface area contributed by atoms with Gasteiger partial charge in [0, 0.05) is 6.04 Å². The van der Waals surface area contributed by atoms with E-state index in [9.17, 15) is 0 Å². The first kappa shape index (κ1) is 10.1. The van der Waals surface area contributed by atoms with Gasteiger partial charge >= 0.3 is 0 Å². The van der Waals surface area contributed by atoms with Gasteiger partial charge < -0.3 is 0 Å². The zero-order valence-electron chi connectivity index (χ0n) is 10.2. The first-order chi connectivity index (χ1) is 8.85. The van der Waals surface area contributed by atoms with Gasteiger partial charge in [0.15, 0.2) is 0 Å². The normalized spacial score (nSPS) is 27.4. The zero-order valence-corrected chi connectivity index (χ0v) is 10.2. The third-order valence-electron chi connectivity index (χ3n) is 4.34. The van der Waals surface area contributed by atoms with Gasteiger partial charge in [-0.05, 0) is 28.7 Å². The van der Waals surface area contributed by atoms with Gasteiger partial charge in [0.25, 0.3) is 0 Å². The van der Waals surface area contributed by atoms with Crippen LogP contribution in [0.25, 0.3) is 0 Å². The van der Waals surface area contributed by atoms with E-state index in [0.29, 0.717) is 6.04 Å². The van der Waals surface area contributed by atoms with Crippen molar-refractivity contribution in [3.63, 3.8) is 0 Å². The lowest BCUT2D eigenvalue weighted by Crippen LogP contribution is -2.42. The van der Waals surface area contributed by atoms with E-state index in [2.05, 4.69) is 66.5 Å². The van der Waals surface area contributed by atoms with Crippen LogP contribution < -0.4 is 5.32 Å². The molecular formula is C17H15N. The number of benzene rings is 2. The minimum Gasteiger partial charge on any atom is -0.293 e. The van der Waals surface area contributed by atoms with Gasteiger partial charge in [-0.2, -0.15) is 0 Å². The van der Waals surface area contributed by atoms with E-state index < -0.39 is 0 Å². The number of hydrogen-bond donors (Lipinski definition) is 1. The molecule has 2 aliphatic heterocycles. The Morgan fingerprint density at radius 3 is 2.61 bits per heavy atom. The summed E-state index contributed by atoms with van der Waals surface area (Å²) in [4.78, 5) is 0. The van der Waals surface area contributed by atoms with E-state index in [4.69, 9.17) is 0 Å². The fourth-order valence-electron chi connectivity index (χ4n) is 3.56. The number of nitrogens with one attached hydrogen (secondary N) is 1. The Hall–Kier alpha value is -1.86. The lowest BCUT2D eigenvalue weighted by molar-refractivity contribution is 0.426. The van der Waals surface area contributed by atoms with Crippen LogP contribution in [0.2, 0.25) is 0 Å². The fraction of sp³-hybridized carbons (Fsp3) is 0.176. The maximum Gasteiger partial charge on any atom is 0.0885 e. The highest BCUT2D eigenvalue weighted by atomic mass is 15.1. The molecule has 2 aromatic carbocycles. The predicted molar refractivity (Wildman–Crippen MR) is 73.4 cm³/mol. The molecule has 0 aliphatic carbocycles. The molecule has 2 heterocycles. The highest BCUT2D eigenvalue weighted by molar-refractivity contribution is 5.57. The first-order valence-electron chi connectivity index (χ1n) is 6.44. The van der Waals surface area contributed by atoms with Crippen molar-refractivity contribution < 1.29 is 0 Å². The summed E-state index contributed by atoms with van der Waals surface area (Å²) in [5.41, 5.74) is 5.41. The molecule has 2 bridgehead atoms. The standard InChI is InChI=1S/C17H15N/c1-2-17-14-9-5-3-7-12(14)11-16(18-17)13-8-4-6-10-15(13)17/h2-10,16,18H,1,11H2/t16-,17+/m0/s1. The number of fused-ring (bicyclic) bond motifs is 7. The third kappa shape index (κ3) is 1.05. The maximum absolute atomic E-state index is 4.09. The van der Waals surface area contributed by atoms with E-state index in [1.807, 2.05) is 0 Å². The molecule has 0 amide bonds. The molecule has 0 radical (unpaired) electrons. The second-order valence-electron chi connectivity index (χ2n) is 5.16. The van der Waals surface area contributed by atoms with Gasteiger partial charge in [0.05, 0.1) is 5.54 Å². The molecular weight excluding hydrogens is 218 g/mol. The minimum atomic E-state index is -0.184. The molecule has 1 heteroatoms. The third-order valence-corrected chi connectivity index (χ3v) is 4.34. The van der Waals surface area contributed by atoms with Crippen molar-refractivity contribution in [2.75, 3.05) is 0 Å². The molecule has 88 valence electrons. The monoisotopic (exact) mass is 233 g/mol. The van der Waals surface area contributed by atoms with Crippen LogP contribution in [0.1, 0.15) is 28.3 Å². The van der Waals surface area contributed by atoms with Gasteiger partial charge in [-0.15, -0.1) is 6.58 Å². The summed E-state index contributed by atoms with van der Waals surface area (Å²) >= 11 is 0. The van der Waals surface area contributed by atoms with E-state index in [-0.39, 0.29) is 5.54 Å². The van der Waals surface area contributed by atoms with E-state index in [1.165, 1.54) is 22.3 Å². The summed E-state index contributed by atoms with van der Waals surface area (Å²) in [6.07, 6.45) is 3.13. The van der Waals surface area contributed by atoms with Gasteiger partial charge in [-0.1, -0.05) is 54.6 Å². The lowest BCUT2D eigenvalue weighted by atomic mass is 9.81. The molecule has 0 aromatic heterocycles. The van der Waals surface area contributed by atoms with Crippen LogP contribution in [0, 0.1) is 0 Å². The Bertz CT molecular complexity index is 631. The lowest BCUT2D eigenvalue weighted by Gasteiger charge is -2.35. The molecule has 0 saturated heterocycles. The van der Waals surface area contributed by atoms with E-state index >= 15 is 0 Å². The number of hydrogen-bond acceptors (Lipinski definition) is 1. The van der Waals surface area contributed by atoms with Crippen LogP contribution in [-0.2, 0) is 12.0 Å². The van der Waals surface area contributed by atoms with E-state index in [0.717, 1.165) is 6.42 Å². The predicted octanol–water partition coefficient (Wildman–Crippen LogP) is 3.32. The van der Waals surface area contributed by atoms with E-state index in [1.54, 1.807) is 0 Å². The molecule has 0 unspecified atom stereocenters. The molecule has 2 aromatic rings. The molecule has 0 saturated carbocycles. The smallest absolute Gasteiger partial charge is 0.0885 e. The Balaban J connectivity index is 2.08. The summed E-state index contributed by atoms with van der Waals surface area (Å²) in [7, 11) is 0. The van der Waals surface area contributed by atoms with Crippen molar-refractivity contribution in [2.24, 2.45) is 0 Å². The molecule has 1 nitrogen and oxygen atoms in total. The van der Waals surface area contributed by atoms with Crippen molar-refractivity contribution in [2.45, 2.75) is 18.0 Å². The summed E-state index contributed by atoms with van der Waals surface area (Å²) in [6.45, 7) is 4.09. The Morgan fingerprint density at radius 1 is 1.06 bits per heavy atom. The van der Waals surface area contributed by atoms with Crippen LogP contribution in [0.15, 0.2) is 61.2 Å². The zero-order chi connectivity index (χ0) is 12.2. The van der Waals surface area contributed by atoms with Gasteiger partial charge in [-0.25, -0.2) is 0 Å². The summed E-state index contributed by atoms with van der Waals surface area (Å²) < 4.78 is 0. The largest absolute Gasteiger partial charge is 0.293 e. The minimum absolute atomic E-state index is 0.184. The summed E-state index contributed by atoms with van der Waals surface area (Å²) in [5, 5.41) is 3.76. The molecule has 2 aliphatic rings. The average Bonchev–Trinajstić information content (AvgIpc) is 2.71. The van der Waals surface area contributed by atoms with Crippen molar-refractivity contribution in [1.29, 1.82) is 0 Å². The fourth-order valence-corrected chi connectivity index (χ4v) is 3.56. The quantitative estimate of drug-likeness (QED) is 0.745. The summed E-state index contributed by atoms with van der Waals surface area (Å²) in [5.74, 6) is 0. The summed E-state index contributed by atoms with van der Waals surface area (Å²) in [6, 6.07) is 17.9. The van der Waals surface area contributed by atoms with Crippen LogP contribution in [0.4, 0.5) is 0 Å². The SMILES string of the molecule is C=C[C@@]12N[C@@H](Cc3ccccc31)c1ccccc12. The van der Waals surface area contributed by atoms with Crippen molar-refractivity contribution in [1.82, 2.24) is 5.32 Å². The Morgan fingerprint density at radius 2 is 1.78 bits per heavy atom. The second-order valence-corrected chi connectivity index (χ2v) is 5.16. The molecule has 0 fully saturated rings. The van der Waals surface area contributed by atoms with Crippen molar-refractivity contribution in [3.05, 3.63) is 83.4 Å². The van der Waals surface area contributed by atoms with Crippen molar-refractivity contribution >= 4 is 0 Å². The molecule has 18 heavy (non-hydrogen) atoms. The topological polar surface area (TPSA) is 12.0 Å². The first-order valence-corrected chi connectivity index (χ1v) is 6.44. The van der Waals surface area contributed by atoms with Gasteiger partial charge in [0.1, 0.15) is 0 Å². The van der Waals surface area contributed by atoms with Gasteiger partial charge in [-0.3, -0.25) is 5.32 Å². The number of rotatable bonds is 1. The van der Waals surface area contributed by atoms with Crippen LogP contribution in [-0.4, -0.2) is 0 Å². The molecule has 2 atom stereocenters. The Kier molecular flexibility index (Phi) is 1.87. The highest BCUT2D eigenvalue weighted by Gasteiger charge is 2.46. The van der Waals surface area contributed by atoms with Crippen molar-refractivity contribution in [3.8, 4) is 0 Å². The van der Waals surface area contributed by atoms with Gasteiger partial charge in [0.2, 0.25) is 0 Å². The maximum atomic E-state index is 4.09. The molecule has 0 spiro atoms.